The molecule has 2 aliphatic rings. The molecular weight excluding hydrogens is 421 g/mol. The first-order valence-electron chi connectivity index (χ1n) is 9.57. The van der Waals surface area contributed by atoms with E-state index in [9.17, 15) is 26.4 Å². The number of halogens is 3. The third-order valence-corrected chi connectivity index (χ3v) is 7.24. The SMILES string of the molecule is O=C1NCCCn2cc(S(=O)(=O)N3CCN(c4cccc(C(F)(F)F)c4)CC3)cc21. The Morgan fingerprint density at radius 3 is 2.43 bits per heavy atom. The quantitative estimate of drug-likeness (QED) is 0.791. The van der Waals surface area contributed by atoms with E-state index in [4.69, 9.17) is 0 Å². The normalized spacial score (nSPS) is 18.6. The summed E-state index contributed by atoms with van der Waals surface area (Å²) in [5.41, 5.74) is -0.00793. The van der Waals surface area contributed by atoms with Gasteiger partial charge in [-0.15, -0.1) is 0 Å². The minimum Gasteiger partial charge on any atom is -0.369 e. The molecule has 4 rings (SSSR count). The van der Waals surface area contributed by atoms with Crippen molar-refractivity contribution >= 4 is 21.6 Å². The summed E-state index contributed by atoms with van der Waals surface area (Å²) >= 11 is 0. The van der Waals surface area contributed by atoms with E-state index in [0.29, 0.717) is 30.9 Å². The molecule has 1 aromatic carbocycles. The van der Waals surface area contributed by atoms with E-state index in [-0.39, 0.29) is 37.0 Å². The van der Waals surface area contributed by atoms with Gasteiger partial charge in [0, 0.05) is 51.2 Å². The van der Waals surface area contributed by atoms with Crippen LogP contribution in [-0.2, 0) is 22.7 Å². The number of carbonyl (C=O) groups is 1. The van der Waals surface area contributed by atoms with Gasteiger partial charge in [0.1, 0.15) is 10.6 Å². The van der Waals surface area contributed by atoms with Gasteiger partial charge in [0.05, 0.1) is 5.56 Å². The Bertz CT molecular complexity index is 1060. The number of anilines is 1. The number of nitrogens with one attached hydrogen (secondary N) is 1. The van der Waals surface area contributed by atoms with Crippen LogP contribution in [0.2, 0.25) is 0 Å². The number of carbonyl (C=O) groups excluding carboxylic acids is 1. The molecule has 1 saturated heterocycles. The maximum Gasteiger partial charge on any atom is 0.416 e. The Balaban J connectivity index is 1.49. The molecule has 0 radical (unpaired) electrons. The molecule has 30 heavy (non-hydrogen) atoms. The van der Waals surface area contributed by atoms with Crippen molar-refractivity contribution in [3.8, 4) is 0 Å². The molecule has 162 valence electrons. The highest BCUT2D eigenvalue weighted by Gasteiger charge is 2.33. The fourth-order valence-corrected chi connectivity index (χ4v) is 5.22. The molecule has 0 unspecified atom stereocenters. The first kappa shape index (κ1) is 20.7. The highest BCUT2D eigenvalue weighted by atomic mass is 32.2. The average molecular weight is 442 g/mol. The van der Waals surface area contributed by atoms with E-state index in [1.807, 2.05) is 0 Å². The fourth-order valence-electron chi connectivity index (χ4n) is 3.76. The van der Waals surface area contributed by atoms with Crippen LogP contribution in [0.25, 0.3) is 0 Å². The lowest BCUT2D eigenvalue weighted by Crippen LogP contribution is -2.48. The highest BCUT2D eigenvalue weighted by Crippen LogP contribution is 2.32. The largest absolute Gasteiger partial charge is 0.416 e. The van der Waals surface area contributed by atoms with Crippen molar-refractivity contribution in [3.63, 3.8) is 0 Å². The topological polar surface area (TPSA) is 74.6 Å². The lowest BCUT2D eigenvalue weighted by molar-refractivity contribution is -0.137. The number of sulfonamides is 1. The number of rotatable bonds is 3. The number of piperazine rings is 1. The van der Waals surface area contributed by atoms with E-state index in [0.717, 1.165) is 12.1 Å². The molecule has 1 N–H and O–H groups in total. The zero-order valence-corrected chi connectivity index (χ0v) is 16.8. The van der Waals surface area contributed by atoms with Gasteiger partial charge < -0.3 is 14.8 Å². The minimum absolute atomic E-state index is 0.0575. The minimum atomic E-state index is -4.43. The second-order valence-corrected chi connectivity index (χ2v) is 9.24. The van der Waals surface area contributed by atoms with Crippen molar-refractivity contribution in [1.82, 2.24) is 14.2 Å². The Hall–Kier alpha value is -2.53. The Morgan fingerprint density at radius 2 is 1.73 bits per heavy atom. The van der Waals surface area contributed by atoms with E-state index in [2.05, 4.69) is 5.32 Å². The predicted molar refractivity (Wildman–Crippen MR) is 104 cm³/mol. The van der Waals surface area contributed by atoms with Crippen LogP contribution in [-0.4, -0.2) is 55.9 Å². The molecule has 7 nitrogen and oxygen atoms in total. The molecule has 11 heteroatoms. The number of fused-ring (bicyclic) bond motifs is 1. The monoisotopic (exact) mass is 442 g/mol. The summed E-state index contributed by atoms with van der Waals surface area (Å²) in [6, 6.07) is 6.41. The van der Waals surface area contributed by atoms with Gasteiger partial charge in [0.2, 0.25) is 10.0 Å². The van der Waals surface area contributed by atoms with Gasteiger partial charge in [0.25, 0.3) is 5.91 Å². The van der Waals surface area contributed by atoms with E-state index in [1.54, 1.807) is 15.5 Å². The van der Waals surface area contributed by atoms with Crippen molar-refractivity contribution < 1.29 is 26.4 Å². The molecule has 0 bridgehead atoms. The van der Waals surface area contributed by atoms with Gasteiger partial charge in [-0.2, -0.15) is 17.5 Å². The fraction of sp³-hybridized carbons (Fsp3) is 0.421. The second kappa shape index (κ2) is 7.62. The number of amides is 1. The summed E-state index contributed by atoms with van der Waals surface area (Å²) in [5, 5.41) is 2.73. The predicted octanol–water partition coefficient (Wildman–Crippen LogP) is 2.15. The number of alkyl halides is 3. The van der Waals surface area contributed by atoms with Crippen LogP contribution in [0, 0.1) is 0 Å². The first-order valence-corrected chi connectivity index (χ1v) is 11.0. The number of hydrogen-bond acceptors (Lipinski definition) is 4. The molecule has 1 aromatic heterocycles. The number of aromatic nitrogens is 1. The van der Waals surface area contributed by atoms with E-state index >= 15 is 0 Å². The summed E-state index contributed by atoms with van der Waals surface area (Å²) < 4.78 is 67.9. The van der Waals surface area contributed by atoms with Crippen molar-refractivity contribution in [2.75, 3.05) is 37.6 Å². The number of benzene rings is 1. The molecule has 1 amide bonds. The molecule has 3 heterocycles. The van der Waals surface area contributed by atoms with Crippen molar-refractivity contribution in [3.05, 3.63) is 47.8 Å². The van der Waals surface area contributed by atoms with Crippen molar-refractivity contribution in [2.45, 2.75) is 24.0 Å². The van der Waals surface area contributed by atoms with Gasteiger partial charge in [-0.05, 0) is 30.7 Å². The third kappa shape index (κ3) is 3.91. The lowest BCUT2D eigenvalue weighted by Gasteiger charge is -2.35. The Kier molecular flexibility index (Phi) is 5.27. The van der Waals surface area contributed by atoms with Crippen molar-refractivity contribution in [1.29, 1.82) is 0 Å². The highest BCUT2D eigenvalue weighted by molar-refractivity contribution is 7.89. The molecule has 2 aliphatic heterocycles. The van der Waals surface area contributed by atoms with Gasteiger partial charge in [-0.3, -0.25) is 4.79 Å². The first-order chi connectivity index (χ1) is 14.2. The smallest absolute Gasteiger partial charge is 0.369 e. The Labute approximate surface area is 172 Å². The molecule has 0 saturated carbocycles. The third-order valence-electron chi connectivity index (χ3n) is 5.38. The van der Waals surface area contributed by atoms with Crippen LogP contribution in [0.15, 0.2) is 41.4 Å². The van der Waals surface area contributed by atoms with Crippen LogP contribution in [0.4, 0.5) is 18.9 Å². The standard InChI is InChI=1S/C19H21F3N4O3S/c20-19(21,22)14-3-1-4-15(11-14)24-7-9-26(10-8-24)30(28,29)16-12-17-18(27)23-5-2-6-25(17)13-16/h1,3-4,11-13H,2,5-10H2,(H,23,27). The summed E-state index contributed by atoms with van der Waals surface area (Å²) in [7, 11) is -3.80. The van der Waals surface area contributed by atoms with E-state index in [1.165, 1.54) is 22.6 Å². The van der Waals surface area contributed by atoms with Gasteiger partial charge in [-0.1, -0.05) is 6.07 Å². The lowest BCUT2D eigenvalue weighted by atomic mass is 10.1. The molecule has 0 spiro atoms. The molecule has 0 atom stereocenters. The zero-order chi connectivity index (χ0) is 21.5. The number of nitrogens with zero attached hydrogens (tertiary/aromatic N) is 3. The maximum atomic E-state index is 13.0. The molecule has 1 fully saturated rings. The number of hydrogen-bond donors (Lipinski definition) is 1. The van der Waals surface area contributed by atoms with Gasteiger partial charge in [0.15, 0.2) is 0 Å². The van der Waals surface area contributed by atoms with Crippen LogP contribution in [0.3, 0.4) is 0 Å². The van der Waals surface area contributed by atoms with Crippen molar-refractivity contribution in [2.24, 2.45) is 0 Å². The Morgan fingerprint density at radius 1 is 1.00 bits per heavy atom. The second-order valence-electron chi connectivity index (χ2n) is 7.30. The summed E-state index contributed by atoms with van der Waals surface area (Å²) in [6.07, 6.45) is -2.24. The van der Waals surface area contributed by atoms with E-state index < -0.39 is 21.8 Å². The van der Waals surface area contributed by atoms with Crippen LogP contribution in [0.5, 0.6) is 0 Å². The van der Waals surface area contributed by atoms with Gasteiger partial charge >= 0.3 is 6.18 Å². The number of aryl methyl sites for hydroxylation is 1. The molecular formula is C19H21F3N4O3S. The molecule has 0 aliphatic carbocycles. The average Bonchev–Trinajstić information content (AvgIpc) is 3.08. The zero-order valence-electron chi connectivity index (χ0n) is 16.0. The summed E-state index contributed by atoms with van der Waals surface area (Å²) in [5.74, 6) is -0.302. The molecule has 2 aromatic rings. The van der Waals surface area contributed by atoms with Gasteiger partial charge in [-0.25, -0.2) is 8.42 Å². The van der Waals surface area contributed by atoms with Crippen LogP contribution in [0.1, 0.15) is 22.5 Å². The van der Waals surface area contributed by atoms with Crippen LogP contribution >= 0.6 is 0 Å². The summed E-state index contributed by atoms with van der Waals surface area (Å²) in [6.45, 7) is 1.92. The maximum absolute atomic E-state index is 13.0. The van der Waals surface area contributed by atoms with Crippen LogP contribution < -0.4 is 10.2 Å². The summed E-state index contributed by atoms with van der Waals surface area (Å²) in [4.78, 5) is 13.9.